The van der Waals surface area contributed by atoms with E-state index in [4.69, 9.17) is 15.0 Å². The Morgan fingerprint density at radius 2 is 1.04 bits per heavy atom. The first-order valence-corrected chi connectivity index (χ1v) is 15.4. The Morgan fingerprint density at radius 3 is 1.69 bits per heavy atom. The van der Waals surface area contributed by atoms with Crippen molar-refractivity contribution < 1.29 is 0 Å². The first-order valence-electron chi connectivity index (χ1n) is 15.4. The van der Waals surface area contributed by atoms with Gasteiger partial charge in [-0.3, -0.25) is 14.4 Å². The summed E-state index contributed by atoms with van der Waals surface area (Å²) in [6.07, 6.45) is 5.96. The van der Waals surface area contributed by atoms with Crippen molar-refractivity contribution in [2.75, 3.05) is 0 Å². The van der Waals surface area contributed by atoms with Crippen LogP contribution in [-0.4, -0.2) is 19.4 Å². The van der Waals surface area contributed by atoms with Crippen LogP contribution < -0.4 is 0 Å². The van der Waals surface area contributed by atoms with E-state index in [1.165, 1.54) is 16.3 Å². The van der Waals surface area contributed by atoms with E-state index in [1.807, 2.05) is 24.5 Å². The van der Waals surface area contributed by atoms with Gasteiger partial charge in [-0.2, -0.15) is 0 Å². The molecule has 1 unspecified atom stereocenters. The predicted molar refractivity (Wildman–Crippen MR) is 183 cm³/mol. The van der Waals surface area contributed by atoms with E-state index >= 15 is 0 Å². The molecule has 0 amide bonds. The smallest absolute Gasteiger partial charge is 0.145 e. The van der Waals surface area contributed by atoms with Crippen molar-refractivity contribution in [2.45, 2.75) is 24.7 Å². The van der Waals surface area contributed by atoms with Gasteiger partial charge in [0.05, 0.1) is 33.4 Å². The van der Waals surface area contributed by atoms with Crippen LogP contribution in [0.1, 0.15) is 47.6 Å². The van der Waals surface area contributed by atoms with Gasteiger partial charge in [-0.25, -0.2) is 4.98 Å². The van der Waals surface area contributed by atoms with Gasteiger partial charge in [0.2, 0.25) is 0 Å². The van der Waals surface area contributed by atoms with Crippen molar-refractivity contribution in [3.05, 3.63) is 192 Å². The average Bonchev–Trinajstić information content (AvgIpc) is 3.59. The van der Waals surface area contributed by atoms with Crippen LogP contribution in [0.25, 0.3) is 27.3 Å². The van der Waals surface area contributed by atoms with E-state index in [0.29, 0.717) is 0 Å². The molecule has 0 saturated heterocycles. The lowest BCUT2D eigenvalue weighted by Crippen LogP contribution is -2.27. The third-order valence-corrected chi connectivity index (χ3v) is 9.57. The second-order valence-corrected chi connectivity index (χ2v) is 12.0. The molecule has 4 heteroatoms. The summed E-state index contributed by atoms with van der Waals surface area (Å²) in [6.45, 7) is 4.50. The lowest BCUT2D eigenvalue weighted by atomic mass is 9.73. The molecule has 8 rings (SSSR count). The topological polar surface area (TPSA) is 43.1 Å². The highest BCUT2D eigenvalue weighted by atomic mass is 15.0. The van der Waals surface area contributed by atoms with Gasteiger partial charge >= 0.3 is 0 Å². The fourth-order valence-corrected chi connectivity index (χ4v) is 6.93. The van der Waals surface area contributed by atoms with Crippen molar-refractivity contribution in [1.82, 2.24) is 19.4 Å². The molecule has 0 saturated carbocycles. The molecular weight excluding hydrogens is 548 g/mol. The van der Waals surface area contributed by atoms with Crippen molar-refractivity contribution in [1.29, 1.82) is 0 Å². The zero-order valence-electron chi connectivity index (χ0n) is 25.3. The molecule has 8 aromatic rings. The Labute approximate surface area is 262 Å². The predicted octanol–water partition coefficient (Wildman–Crippen LogP) is 9.14. The molecule has 4 aromatic heterocycles. The Morgan fingerprint density at radius 1 is 0.467 bits per heavy atom. The molecule has 4 heterocycles. The molecule has 0 aliphatic carbocycles. The summed E-state index contributed by atoms with van der Waals surface area (Å²) in [5, 5.41) is 3.47. The first-order chi connectivity index (χ1) is 22.1. The maximum absolute atomic E-state index is 5.49. The number of rotatable bonds is 6. The summed E-state index contributed by atoms with van der Waals surface area (Å²) in [4.78, 5) is 15.2. The first kappa shape index (κ1) is 27.0. The molecule has 45 heavy (non-hydrogen) atoms. The van der Waals surface area contributed by atoms with E-state index in [9.17, 15) is 0 Å². The summed E-state index contributed by atoms with van der Waals surface area (Å²) >= 11 is 0. The molecule has 0 fully saturated rings. The molecule has 4 aromatic carbocycles. The third-order valence-electron chi connectivity index (χ3n) is 9.57. The summed E-state index contributed by atoms with van der Waals surface area (Å²) in [6, 6.07) is 49.0. The lowest BCUT2D eigenvalue weighted by Gasteiger charge is -2.31. The van der Waals surface area contributed by atoms with Gasteiger partial charge in [0.15, 0.2) is 0 Å². The van der Waals surface area contributed by atoms with Crippen LogP contribution in [0.4, 0.5) is 0 Å². The van der Waals surface area contributed by atoms with Crippen molar-refractivity contribution in [2.24, 2.45) is 0 Å². The van der Waals surface area contributed by atoms with Crippen LogP contribution in [-0.2, 0) is 10.8 Å². The van der Waals surface area contributed by atoms with E-state index in [2.05, 4.69) is 152 Å². The monoisotopic (exact) mass is 580 g/mol. The van der Waals surface area contributed by atoms with Crippen LogP contribution in [0, 0.1) is 0 Å². The summed E-state index contributed by atoms with van der Waals surface area (Å²) < 4.78 is 2.27. The average molecular weight is 581 g/mol. The van der Waals surface area contributed by atoms with Gasteiger partial charge in [-0.15, -0.1) is 0 Å². The van der Waals surface area contributed by atoms with E-state index in [0.717, 1.165) is 44.8 Å². The number of aromatic nitrogens is 4. The number of fused-ring (bicyclic) bond motifs is 6. The number of imidazole rings is 1. The fraction of sp³-hybridized carbons (Fsp3) is 0.0976. The highest BCUT2D eigenvalue weighted by Gasteiger charge is 2.36. The van der Waals surface area contributed by atoms with Gasteiger partial charge in [-0.1, -0.05) is 103 Å². The molecule has 0 aliphatic rings. The van der Waals surface area contributed by atoms with E-state index in [1.54, 1.807) is 0 Å². The van der Waals surface area contributed by atoms with Gasteiger partial charge < -0.3 is 0 Å². The largest absolute Gasteiger partial charge is 0.299 e. The maximum atomic E-state index is 5.49. The minimum Gasteiger partial charge on any atom is -0.299 e. The highest BCUT2D eigenvalue weighted by Crippen LogP contribution is 2.42. The van der Waals surface area contributed by atoms with Crippen molar-refractivity contribution in [3.63, 3.8) is 0 Å². The van der Waals surface area contributed by atoms with Gasteiger partial charge in [0.1, 0.15) is 5.65 Å². The molecular formula is C41H32N4. The minimum absolute atomic E-state index is 0.471. The lowest BCUT2D eigenvalue weighted by molar-refractivity contribution is 0.646. The minimum atomic E-state index is -0.563. The van der Waals surface area contributed by atoms with Crippen molar-refractivity contribution >= 4 is 27.3 Å². The molecule has 216 valence electrons. The van der Waals surface area contributed by atoms with E-state index < -0.39 is 10.8 Å². The molecule has 0 spiro atoms. The molecule has 2 atom stereocenters. The number of hydrogen-bond acceptors (Lipinski definition) is 3. The number of nitrogens with zero attached hydrogens (tertiary/aromatic N) is 4. The summed E-state index contributed by atoms with van der Waals surface area (Å²) in [5.74, 6) is 0. The normalized spacial score (nSPS) is 14.4. The Bertz CT molecular complexity index is 2200. The third kappa shape index (κ3) is 4.17. The Hall–Kier alpha value is -5.61. The molecule has 4 nitrogen and oxygen atoms in total. The van der Waals surface area contributed by atoms with Gasteiger partial charge in [-0.05, 0) is 72.3 Å². The number of pyridine rings is 3. The van der Waals surface area contributed by atoms with Gasteiger partial charge in [0, 0.05) is 29.4 Å². The second-order valence-electron chi connectivity index (χ2n) is 12.0. The quantitative estimate of drug-likeness (QED) is 0.184. The number of para-hydroxylation sites is 1. The van der Waals surface area contributed by atoms with Crippen LogP contribution in [0.15, 0.2) is 158 Å². The molecule has 0 aliphatic heterocycles. The summed E-state index contributed by atoms with van der Waals surface area (Å²) in [5.41, 5.74) is 7.43. The number of hydrogen-bond donors (Lipinski definition) is 0. The number of benzene rings is 4. The van der Waals surface area contributed by atoms with Gasteiger partial charge in [0.25, 0.3) is 0 Å². The Kier molecular flexibility index (Phi) is 6.31. The zero-order chi connectivity index (χ0) is 30.4. The second kappa shape index (κ2) is 10.5. The standard InChI is InChI=1S/C41H32N4/c1-40(29-15-5-3-6-16-29,36-21-11-13-25-42-36)31-23-24-32-33-19-9-10-20-35(33)45-28-38(44-39(45)34(32)27-31)41(2,30-17-7-4-8-18-30)37-22-12-14-26-43-37/h3-28H,1-2H3/t40?,41-/m1/s1. The van der Waals surface area contributed by atoms with E-state index in [-0.39, 0.29) is 0 Å². The fourth-order valence-electron chi connectivity index (χ4n) is 6.93. The van der Waals surface area contributed by atoms with Crippen molar-refractivity contribution in [3.8, 4) is 0 Å². The van der Waals surface area contributed by atoms with Crippen LogP contribution >= 0.6 is 0 Å². The zero-order valence-corrected chi connectivity index (χ0v) is 25.3. The van der Waals surface area contributed by atoms with Crippen LogP contribution in [0.5, 0.6) is 0 Å². The highest BCUT2D eigenvalue weighted by molar-refractivity contribution is 6.12. The maximum Gasteiger partial charge on any atom is 0.145 e. The molecule has 0 N–H and O–H groups in total. The van der Waals surface area contributed by atoms with Crippen LogP contribution in [0.3, 0.4) is 0 Å². The SMILES string of the molecule is CC(c1ccccc1)(c1ccc2c3ccccc3n3cc([C@](C)(c4ccccc4)c4ccccn4)nc3c2c1)c1ccccn1. The molecule has 0 radical (unpaired) electrons. The summed E-state index contributed by atoms with van der Waals surface area (Å²) in [7, 11) is 0. The molecule has 0 bridgehead atoms. The Balaban J connectivity index is 1.45. The van der Waals surface area contributed by atoms with Crippen LogP contribution in [0.2, 0.25) is 0 Å².